The fourth-order valence-electron chi connectivity index (χ4n) is 6.56. The van der Waals surface area contributed by atoms with Gasteiger partial charge in [-0.15, -0.1) is 0 Å². The lowest BCUT2D eigenvalue weighted by Gasteiger charge is -2.30. The van der Waals surface area contributed by atoms with Crippen molar-refractivity contribution in [2.24, 2.45) is 0 Å². The molecule has 38 heavy (non-hydrogen) atoms. The molecular formula is C36H34O2. The maximum atomic E-state index is 6.06. The van der Waals surface area contributed by atoms with Crippen LogP contribution in [0.3, 0.4) is 0 Å². The fourth-order valence-corrected chi connectivity index (χ4v) is 6.56. The van der Waals surface area contributed by atoms with Crippen molar-refractivity contribution in [2.45, 2.75) is 40.0 Å². The van der Waals surface area contributed by atoms with E-state index < -0.39 is 0 Å². The quantitative estimate of drug-likeness (QED) is 0.246. The maximum Gasteiger partial charge on any atom is 0.134 e. The lowest BCUT2D eigenvalue weighted by atomic mass is 9.73. The number of hydrogen-bond donors (Lipinski definition) is 0. The van der Waals surface area contributed by atoms with Crippen LogP contribution >= 0.6 is 0 Å². The summed E-state index contributed by atoms with van der Waals surface area (Å²) in [6, 6.07) is 29.4. The van der Waals surface area contributed by atoms with E-state index in [1.165, 1.54) is 44.5 Å². The van der Waals surface area contributed by atoms with E-state index in [1.807, 2.05) is 0 Å². The van der Waals surface area contributed by atoms with Crippen molar-refractivity contribution < 1.29 is 9.47 Å². The second-order valence-corrected chi connectivity index (χ2v) is 11.0. The molecule has 6 rings (SSSR count). The summed E-state index contributed by atoms with van der Waals surface area (Å²) in [4.78, 5) is 0. The molecule has 2 heteroatoms. The topological polar surface area (TPSA) is 18.5 Å². The Hall–Kier alpha value is -4.04. The minimum absolute atomic E-state index is 0.256. The first-order chi connectivity index (χ1) is 18.3. The van der Waals surface area contributed by atoms with Crippen LogP contribution in [0.15, 0.2) is 78.9 Å². The van der Waals surface area contributed by atoms with Crippen molar-refractivity contribution in [1.29, 1.82) is 0 Å². The summed E-state index contributed by atoms with van der Waals surface area (Å²) in [5.41, 5.74) is 13.7. The van der Waals surface area contributed by atoms with Gasteiger partial charge in [-0.3, -0.25) is 0 Å². The average Bonchev–Trinajstić information content (AvgIpc) is 3.15. The van der Waals surface area contributed by atoms with Gasteiger partial charge in [0, 0.05) is 21.8 Å². The van der Waals surface area contributed by atoms with Crippen LogP contribution in [0.25, 0.3) is 33.0 Å². The van der Waals surface area contributed by atoms with Crippen molar-refractivity contribution in [3.8, 4) is 33.8 Å². The number of aryl methyl sites for hydroxylation is 4. The molecular weight excluding hydrogens is 464 g/mol. The van der Waals surface area contributed by atoms with Gasteiger partial charge in [-0.05, 0) is 91.8 Å². The first kappa shape index (κ1) is 24.3. The standard InChI is InChI=1S/C36H34O2/c1-21-8-11-28-29-13-10-25(27-14-15-30-31(35(27)38-7)12-9-24(4)34(30)37-6)20-33(29)36(5,32(28)19-21)26-17-22(2)16-23(3)18-26/h8-20H,1-7H3. The number of benzene rings is 5. The Bertz CT molecular complexity index is 1720. The molecule has 1 aliphatic rings. The number of fused-ring (bicyclic) bond motifs is 4. The second-order valence-electron chi connectivity index (χ2n) is 11.0. The third kappa shape index (κ3) is 3.47. The molecule has 0 aromatic heterocycles. The van der Waals surface area contributed by atoms with Gasteiger partial charge in [-0.1, -0.05) is 77.4 Å². The summed E-state index contributed by atoms with van der Waals surface area (Å²) in [5, 5.41) is 2.13. The Morgan fingerprint density at radius 1 is 0.526 bits per heavy atom. The average molecular weight is 499 g/mol. The third-order valence-electron chi connectivity index (χ3n) is 8.38. The lowest BCUT2D eigenvalue weighted by molar-refractivity contribution is 0.414. The van der Waals surface area contributed by atoms with Gasteiger partial charge in [0.15, 0.2) is 0 Å². The van der Waals surface area contributed by atoms with Crippen LogP contribution in [0.4, 0.5) is 0 Å². The summed E-state index contributed by atoms with van der Waals surface area (Å²) >= 11 is 0. The number of ether oxygens (including phenoxy) is 2. The third-order valence-corrected chi connectivity index (χ3v) is 8.38. The van der Waals surface area contributed by atoms with Crippen LogP contribution in [-0.4, -0.2) is 14.2 Å². The van der Waals surface area contributed by atoms with Gasteiger partial charge in [0.1, 0.15) is 11.5 Å². The molecule has 5 aromatic carbocycles. The van der Waals surface area contributed by atoms with Gasteiger partial charge >= 0.3 is 0 Å². The summed E-state index contributed by atoms with van der Waals surface area (Å²) < 4.78 is 11.8. The highest BCUT2D eigenvalue weighted by molar-refractivity contribution is 5.99. The Kier molecular flexibility index (Phi) is 5.61. The van der Waals surface area contributed by atoms with Gasteiger partial charge in [0.2, 0.25) is 0 Å². The number of methoxy groups -OCH3 is 2. The zero-order valence-corrected chi connectivity index (χ0v) is 23.3. The molecule has 0 radical (unpaired) electrons. The monoisotopic (exact) mass is 498 g/mol. The van der Waals surface area contributed by atoms with Gasteiger partial charge in [0.25, 0.3) is 0 Å². The highest BCUT2D eigenvalue weighted by Gasteiger charge is 2.41. The van der Waals surface area contributed by atoms with E-state index in [0.29, 0.717) is 0 Å². The summed E-state index contributed by atoms with van der Waals surface area (Å²) in [5.74, 6) is 1.77. The molecule has 0 saturated carbocycles. The van der Waals surface area contributed by atoms with E-state index in [4.69, 9.17) is 9.47 Å². The molecule has 1 unspecified atom stereocenters. The largest absolute Gasteiger partial charge is 0.496 e. The van der Waals surface area contributed by atoms with Crippen LogP contribution in [-0.2, 0) is 5.41 Å². The van der Waals surface area contributed by atoms with Gasteiger partial charge in [-0.2, -0.15) is 0 Å². The Balaban J connectivity index is 1.62. The zero-order valence-electron chi connectivity index (χ0n) is 23.3. The van der Waals surface area contributed by atoms with Crippen LogP contribution in [0.5, 0.6) is 11.5 Å². The maximum absolute atomic E-state index is 6.06. The lowest BCUT2D eigenvalue weighted by Crippen LogP contribution is -2.23. The molecule has 0 saturated heterocycles. The van der Waals surface area contributed by atoms with E-state index in [9.17, 15) is 0 Å². The molecule has 0 aliphatic heterocycles. The van der Waals surface area contributed by atoms with E-state index in [-0.39, 0.29) is 5.41 Å². The SMILES string of the molecule is COc1c(C)ccc2c(OC)c(-c3ccc4c(c3)C(C)(c3cc(C)cc(C)c3)c3cc(C)ccc3-4)ccc12. The number of rotatable bonds is 4. The minimum atomic E-state index is -0.256. The molecule has 1 aliphatic carbocycles. The molecule has 0 amide bonds. The van der Waals surface area contributed by atoms with E-state index >= 15 is 0 Å². The van der Waals surface area contributed by atoms with Gasteiger partial charge < -0.3 is 9.47 Å². The molecule has 0 bridgehead atoms. The predicted molar refractivity (Wildman–Crippen MR) is 159 cm³/mol. The summed E-state index contributed by atoms with van der Waals surface area (Å²) in [6.45, 7) is 11.0. The van der Waals surface area contributed by atoms with Crippen molar-refractivity contribution in [2.75, 3.05) is 14.2 Å². The Morgan fingerprint density at radius 3 is 1.79 bits per heavy atom. The fraction of sp³-hybridized carbons (Fsp3) is 0.222. The molecule has 0 N–H and O–H groups in total. The van der Waals surface area contributed by atoms with Gasteiger partial charge in [-0.25, -0.2) is 0 Å². The van der Waals surface area contributed by atoms with Crippen LogP contribution in [0.1, 0.15) is 45.9 Å². The first-order valence-corrected chi connectivity index (χ1v) is 13.3. The van der Waals surface area contributed by atoms with Crippen LogP contribution in [0.2, 0.25) is 0 Å². The first-order valence-electron chi connectivity index (χ1n) is 13.3. The van der Waals surface area contributed by atoms with Crippen molar-refractivity contribution in [3.63, 3.8) is 0 Å². The van der Waals surface area contributed by atoms with E-state index in [2.05, 4.69) is 113 Å². The van der Waals surface area contributed by atoms with Crippen LogP contribution in [0, 0.1) is 27.7 Å². The van der Waals surface area contributed by atoms with Gasteiger partial charge in [0.05, 0.1) is 14.2 Å². The summed E-state index contributed by atoms with van der Waals surface area (Å²) in [7, 11) is 3.49. The minimum Gasteiger partial charge on any atom is -0.496 e. The zero-order chi connectivity index (χ0) is 26.8. The predicted octanol–water partition coefficient (Wildman–Crippen LogP) is 9.09. The van der Waals surface area contributed by atoms with Crippen molar-refractivity contribution in [3.05, 3.63) is 118 Å². The molecule has 0 heterocycles. The molecule has 0 spiro atoms. The van der Waals surface area contributed by atoms with Crippen LogP contribution < -0.4 is 9.47 Å². The van der Waals surface area contributed by atoms with E-state index in [1.54, 1.807) is 14.2 Å². The van der Waals surface area contributed by atoms with Crippen molar-refractivity contribution in [1.82, 2.24) is 0 Å². The molecule has 190 valence electrons. The number of hydrogen-bond acceptors (Lipinski definition) is 2. The summed E-state index contributed by atoms with van der Waals surface area (Å²) in [6.07, 6.45) is 0. The smallest absolute Gasteiger partial charge is 0.134 e. The Morgan fingerprint density at radius 2 is 1.11 bits per heavy atom. The molecule has 0 fully saturated rings. The second kappa shape index (κ2) is 8.77. The van der Waals surface area contributed by atoms with E-state index in [0.717, 1.165) is 39.0 Å². The molecule has 5 aromatic rings. The normalized spacial score (nSPS) is 15.9. The molecule has 1 atom stereocenters. The Labute approximate surface area is 225 Å². The highest BCUT2D eigenvalue weighted by Crippen LogP contribution is 2.54. The van der Waals surface area contributed by atoms with Crippen molar-refractivity contribution >= 4 is 10.8 Å². The molecule has 2 nitrogen and oxygen atoms in total. The highest BCUT2D eigenvalue weighted by atomic mass is 16.5.